The second kappa shape index (κ2) is 5.28. The van der Waals surface area contributed by atoms with E-state index in [0.29, 0.717) is 5.82 Å². The van der Waals surface area contributed by atoms with Crippen LogP contribution in [0.1, 0.15) is 0 Å². The molecule has 0 bridgehead atoms. The lowest BCUT2D eigenvalue weighted by Gasteiger charge is -1.99. The fraction of sp³-hybridized carbons (Fsp3) is 0.182. The molecular weight excluding hydrogens is 234 g/mol. The van der Waals surface area contributed by atoms with Crippen LogP contribution in [0.15, 0.2) is 36.9 Å². The number of aromatic nitrogens is 4. The lowest BCUT2D eigenvalue weighted by atomic mass is 10.3. The minimum absolute atomic E-state index is 0.227. The van der Waals surface area contributed by atoms with Crippen molar-refractivity contribution in [2.45, 2.75) is 12.6 Å². The van der Waals surface area contributed by atoms with Crippen LogP contribution in [-0.2, 0) is 11.3 Å². The highest BCUT2D eigenvalue weighted by Crippen LogP contribution is 2.08. The first-order valence-electron chi connectivity index (χ1n) is 5.36. The van der Waals surface area contributed by atoms with Crippen LogP contribution in [0.25, 0.3) is 11.4 Å². The van der Waals surface area contributed by atoms with Crippen LogP contribution in [0.4, 0.5) is 0 Å². The second-order valence-corrected chi connectivity index (χ2v) is 3.75. The first kappa shape index (κ1) is 12.1. The van der Waals surface area contributed by atoms with Crippen molar-refractivity contribution in [3.05, 3.63) is 36.9 Å². The smallest absolute Gasteiger partial charge is 0.369 e. The average molecular weight is 247 g/mol. The monoisotopic (exact) mass is 247 g/mol. The Morgan fingerprint density at radius 2 is 2.17 bits per heavy atom. The molecule has 0 aliphatic rings. The van der Waals surface area contributed by atoms with Crippen LogP contribution < -0.4 is 10.4 Å². The van der Waals surface area contributed by atoms with Gasteiger partial charge in [-0.3, -0.25) is 0 Å². The molecule has 18 heavy (non-hydrogen) atoms. The standard InChI is InChI=1S/C11H11N5O2/c12-9(11(17)18)7-16-5-2-8(6-15-16)10-13-3-1-4-14-10/h1-6,9H,7,12H2/p+2/t9-/m0/s1. The molecule has 0 aliphatic heterocycles. The quantitative estimate of drug-likeness (QED) is 0.641. The van der Waals surface area contributed by atoms with E-state index >= 15 is 0 Å². The van der Waals surface area contributed by atoms with E-state index in [-0.39, 0.29) is 6.54 Å². The van der Waals surface area contributed by atoms with Crippen molar-refractivity contribution >= 4 is 5.97 Å². The maximum atomic E-state index is 10.7. The van der Waals surface area contributed by atoms with E-state index in [1.54, 1.807) is 36.9 Å². The van der Waals surface area contributed by atoms with Crippen molar-refractivity contribution in [3.8, 4) is 11.4 Å². The number of hydrogen-bond donors (Lipinski definition) is 2. The molecule has 0 saturated heterocycles. The molecule has 7 heteroatoms. The Balaban J connectivity index is 2.13. The number of carboxylic acid groups (broad SMARTS) is 1. The van der Waals surface area contributed by atoms with Crippen LogP contribution in [0, 0.1) is 0 Å². The average Bonchev–Trinajstić information content (AvgIpc) is 2.40. The summed E-state index contributed by atoms with van der Waals surface area (Å²) in [5.41, 5.74) is 4.31. The number of hydrogen-bond acceptors (Lipinski definition) is 4. The van der Waals surface area contributed by atoms with Gasteiger partial charge in [-0.15, -0.1) is 0 Å². The van der Waals surface area contributed by atoms with Gasteiger partial charge in [0.05, 0.1) is 0 Å². The van der Waals surface area contributed by atoms with Gasteiger partial charge in [-0.05, 0) is 11.2 Å². The molecule has 0 spiro atoms. The predicted octanol–water partition coefficient (Wildman–Crippen LogP) is -1.48. The Labute approximate surface area is 103 Å². The molecule has 0 unspecified atom stereocenters. The van der Waals surface area contributed by atoms with Crippen molar-refractivity contribution in [1.82, 2.24) is 15.1 Å². The van der Waals surface area contributed by atoms with Gasteiger partial charge < -0.3 is 10.8 Å². The molecule has 1 atom stereocenters. The maximum Gasteiger partial charge on any atom is 0.369 e. The predicted molar refractivity (Wildman–Crippen MR) is 59.8 cm³/mol. The molecule has 0 radical (unpaired) electrons. The Bertz CT molecular complexity index is 529. The van der Waals surface area contributed by atoms with Gasteiger partial charge in [0.1, 0.15) is 6.20 Å². The summed E-state index contributed by atoms with van der Waals surface area (Å²) in [5, 5.41) is 12.9. The van der Waals surface area contributed by atoms with E-state index in [2.05, 4.69) is 20.8 Å². The van der Waals surface area contributed by atoms with Crippen LogP contribution >= 0.6 is 0 Å². The van der Waals surface area contributed by atoms with Gasteiger partial charge in [0.25, 0.3) is 0 Å². The molecule has 0 aliphatic carbocycles. The van der Waals surface area contributed by atoms with Crippen LogP contribution in [0.2, 0.25) is 0 Å². The highest BCUT2D eigenvalue weighted by molar-refractivity contribution is 5.71. The third-order valence-electron chi connectivity index (χ3n) is 2.35. The van der Waals surface area contributed by atoms with Gasteiger partial charge in [-0.2, -0.15) is 0 Å². The number of carboxylic acids is 1. The fourth-order valence-electron chi connectivity index (χ4n) is 1.38. The molecule has 4 N–H and O–H groups in total. The molecular formula is C11H13N5O2+2. The summed E-state index contributed by atoms with van der Waals surface area (Å²) in [6.45, 7) is 0.227. The van der Waals surface area contributed by atoms with Crippen molar-refractivity contribution in [2.75, 3.05) is 0 Å². The van der Waals surface area contributed by atoms with Gasteiger partial charge in [0, 0.05) is 24.0 Å². The lowest BCUT2D eigenvalue weighted by molar-refractivity contribution is -0.770. The summed E-state index contributed by atoms with van der Waals surface area (Å²) in [6, 6.07) is 2.80. The van der Waals surface area contributed by atoms with Crippen molar-refractivity contribution < 1.29 is 20.3 Å². The molecule has 0 fully saturated rings. The van der Waals surface area contributed by atoms with E-state index < -0.39 is 12.0 Å². The summed E-state index contributed by atoms with van der Waals surface area (Å²) in [7, 11) is 0. The SMILES string of the molecule is [NH3+][C@@H](C[n+]1ccc(-c2ncccn2)cn1)C(=O)O. The fourth-order valence-corrected chi connectivity index (χ4v) is 1.38. The molecule has 92 valence electrons. The largest absolute Gasteiger partial charge is 0.477 e. The Hall–Kier alpha value is -2.41. The van der Waals surface area contributed by atoms with Crippen molar-refractivity contribution in [3.63, 3.8) is 0 Å². The first-order chi connectivity index (χ1) is 8.66. The zero-order valence-electron chi connectivity index (χ0n) is 9.60. The zero-order chi connectivity index (χ0) is 13.0. The van der Waals surface area contributed by atoms with Crippen LogP contribution in [0.3, 0.4) is 0 Å². The lowest BCUT2D eigenvalue weighted by Crippen LogP contribution is -2.70. The number of nitrogens with zero attached hydrogens (tertiary/aromatic N) is 4. The van der Waals surface area contributed by atoms with Crippen LogP contribution in [0.5, 0.6) is 0 Å². The first-order valence-corrected chi connectivity index (χ1v) is 5.36. The minimum atomic E-state index is -0.945. The van der Waals surface area contributed by atoms with Crippen molar-refractivity contribution in [2.24, 2.45) is 0 Å². The number of rotatable bonds is 4. The van der Waals surface area contributed by atoms with Gasteiger partial charge >= 0.3 is 5.97 Å². The third kappa shape index (κ3) is 2.83. The number of aliphatic carboxylic acids is 1. The molecule has 2 rings (SSSR count). The highest BCUT2D eigenvalue weighted by atomic mass is 16.4. The minimum Gasteiger partial charge on any atom is -0.477 e. The Morgan fingerprint density at radius 3 is 2.72 bits per heavy atom. The summed E-state index contributed by atoms with van der Waals surface area (Å²) in [5.74, 6) is -0.360. The summed E-state index contributed by atoms with van der Waals surface area (Å²) >= 11 is 0. The van der Waals surface area contributed by atoms with Gasteiger partial charge in [-0.1, -0.05) is 4.68 Å². The van der Waals surface area contributed by atoms with Gasteiger partial charge in [0.15, 0.2) is 12.0 Å². The zero-order valence-corrected chi connectivity index (χ0v) is 9.60. The normalized spacial score (nSPS) is 12.1. The second-order valence-electron chi connectivity index (χ2n) is 3.75. The molecule has 0 amide bonds. The molecule has 2 aromatic heterocycles. The van der Waals surface area contributed by atoms with E-state index in [9.17, 15) is 4.79 Å². The molecule has 2 aromatic rings. The molecule has 7 nitrogen and oxygen atoms in total. The van der Waals surface area contributed by atoms with E-state index in [1.807, 2.05) is 0 Å². The topological polar surface area (TPSA) is 107 Å². The maximum absolute atomic E-state index is 10.7. The van der Waals surface area contributed by atoms with Gasteiger partial charge in [0.2, 0.25) is 12.6 Å². The highest BCUT2D eigenvalue weighted by Gasteiger charge is 2.22. The Morgan fingerprint density at radius 1 is 1.44 bits per heavy atom. The molecule has 2 heterocycles. The van der Waals surface area contributed by atoms with Crippen LogP contribution in [-0.4, -0.2) is 32.2 Å². The number of carbonyl (C=O) groups is 1. The number of quaternary nitrogens is 1. The van der Waals surface area contributed by atoms with Crippen molar-refractivity contribution in [1.29, 1.82) is 0 Å². The van der Waals surface area contributed by atoms with E-state index in [1.165, 1.54) is 4.68 Å². The van der Waals surface area contributed by atoms with E-state index in [0.717, 1.165) is 5.56 Å². The third-order valence-corrected chi connectivity index (χ3v) is 2.35. The molecule has 0 aromatic carbocycles. The summed E-state index contributed by atoms with van der Waals surface area (Å²) in [6.07, 6.45) is 6.59. The summed E-state index contributed by atoms with van der Waals surface area (Å²) in [4.78, 5) is 18.9. The summed E-state index contributed by atoms with van der Waals surface area (Å²) < 4.78 is 1.53. The molecule has 0 saturated carbocycles. The van der Waals surface area contributed by atoms with E-state index in [4.69, 9.17) is 5.11 Å². The Kier molecular flexibility index (Phi) is 3.54. The van der Waals surface area contributed by atoms with Gasteiger partial charge in [-0.25, -0.2) is 14.8 Å².